The molecule has 4 rings (SSSR count). The molecule has 122 valence electrons. The molecule has 2 aromatic heterocycles. The van der Waals surface area contributed by atoms with Crippen molar-refractivity contribution in [3.05, 3.63) is 42.1 Å². The topological polar surface area (TPSA) is 54.6 Å². The molecule has 23 heavy (non-hydrogen) atoms. The number of likely N-dealkylation sites (tertiary alicyclic amines) is 1. The van der Waals surface area contributed by atoms with Gasteiger partial charge in [-0.3, -0.25) is 4.90 Å². The number of morpholine rings is 1. The number of nitrogens with zero attached hydrogens (tertiary/aromatic N) is 4. The summed E-state index contributed by atoms with van der Waals surface area (Å²) < 4.78 is 11.0. The van der Waals surface area contributed by atoms with Crippen molar-refractivity contribution >= 4 is 5.95 Å². The van der Waals surface area contributed by atoms with E-state index in [0.29, 0.717) is 6.04 Å². The molecule has 0 spiro atoms. The summed E-state index contributed by atoms with van der Waals surface area (Å²) in [6, 6.07) is 4.41. The molecule has 0 bridgehead atoms. The minimum Gasteiger partial charge on any atom is -0.468 e. The SMILES string of the molecule is c1coc([C@H]2CCCN2Cc2cnc(N3CCOCC3)nc2)c1. The van der Waals surface area contributed by atoms with E-state index in [1.165, 1.54) is 6.42 Å². The lowest BCUT2D eigenvalue weighted by Crippen LogP contribution is -2.37. The van der Waals surface area contributed by atoms with Crippen LogP contribution in [0.15, 0.2) is 35.2 Å². The van der Waals surface area contributed by atoms with Crippen molar-refractivity contribution < 1.29 is 9.15 Å². The third-order valence-electron chi connectivity index (χ3n) is 4.61. The monoisotopic (exact) mass is 314 g/mol. The summed E-state index contributed by atoms with van der Waals surface area (Å²) >= 11 is 0. The summed E-state index contributed by atoms with van der Waals surface area (Å²) in [5.41, 5.74) is 1.15. The fourth-order valence-corrected chi connectivity index (χ4v) is 3.41. The van der Waals surface area contributed by atoms with Gasteiger partial charge in [0.05, 0.1) is 25.5 Å². The average Bonchev–Trinajstić information content (AvgIpc) is 3.27. The largest absolute Gasteiger partial charge is 0.468 e. The lowest BCUT2D eigenvalue weighted by molar-refractivity contribution is 0.122. The maximum atomic E-state index is 5.59. The standard InChI is InChI=1S/C17H22N4O2/c1-3-15(16-4-2-8-23-16)21(5-1)13-14-11-18-17(19-12-14)20-6-9-22-10-7-20/h2,4,8,11-12,15H,1,3,5-7,9-10,13H2/t15-/m1/s1. The van der Waals surface area contributed by atoms with Crippen molar-refractivity contribution in [2.75, 3.05) is 37.7 Å². The number of rotatable bonds is 4. The Labute approximate surface area is 136 Å². The molecule has 2 saturated heterocycles. The fraction of sp³-hybridized carbons (Fsp3) is 0.529. The van der Waals surface area contributed by atoms with Crippen molar-refractivity contribution in [1.29, 1.82) is 0 Å². The minimum absolute atomic E-state index is 0.379. The van der Waals surface area contributed by atoms with Crippen LogP contribution in [0.25, 0.3) is 0 Å². The first kappa shape index (κ1) is 14.7. The van der Waals surface area contributed by atoms with E-state index in [0.717, 1.165) is 63.1 Å². The Hall–Kier alpha value is -1.92. The predicted molar refractivity (Wildman–Crippen MR) is 86.2 cm³/mol. The van der Waals surface area contributed by atoms with Crippen LogP contribution in [0, 0.1) is 0 Å². The highest BCUT2D eigenvalue weighted by Crippen LogP contribution is 2.33. The summed E-state index contributed by atoms with van der Waals surface area (Å²) in [5.74, 6) is 1.87. The fourth-order valence-electron chi connectivity index (χ4n) is 3.41. The predicted octanol–water partition coefficient (Wildman–Crippen LogP) is 2.24. The van der Waals surface area contributed by atoms with Gasteiger partial charge < -0.3 is 14.1 Å². The van der Waals surface area contributed by atoms with Crippen molar-refractivity contribution in [3.63, 3.8) is 0 Å². The van der Waals surface area contributed by atoms with Gasteiger partial charge in [0, 0.05) is 37.6 Å². The van der Waals surface area contributed by atoms with E-state index in [1.807, 2.05) is 18.5 Å². The van der Waals surface area contributed by atoms with E-state index in [1.54, 1.807) is 6.26 Å². The number of aromatic nitrogens is 2. The highest BCUT2D eigenvalue weighted by Gasteiger charge is 2.28. The first-order valence-corrected chi connectivity index (χ1v) is 8.31. The molecule has 0 unspecified atom stereocenters. The summed E-state index contributed by atoms with van der Waals surface area (Å²) in [6.45, 7) is 5.21. The molecule has 0 N–H and O–H groups in total. The Bertz CT molecular complexity index is 608. The van der Waals surface area contributed by atoms with Crippen LogP contribution in [0.1, 0.15) is 30.2 Å². The highest BCUT2D eigenvalue weighted by molar-refractivity contribution is 5.30. The number of ether oxygens (including phenoxy) is 1. The zero-order valence-electron chi connectivity index (χ0n) is 13.2. The number of furan rings is 1. The molecule has 0 aliphatic carbocycles. The summed E-state index contributed by atoms with van der Waals surface area (Å²) in [6.07, 6.45) is 8.02. The molecule has 2 aliphatic heterocycles. The van der Waals surface area contributed by atoms with Crippen LogP contribution in [0.2, 0.25) is 0 Å². The third kappa shape index (κ3) is 3.23. The van der Waals surface area contributed by atoms with Crippen LogP contribution in [0.5, 0.6) is 0 Å². The Morgan fingerprint density at radius 2 is 1.96 bits per heavy atom. The Balaban J connectivity index is 1.42. The normalized spacial score (nSPS) is 22.6. The van der Waals surface area contributed by atoms with E-state index in [-0.39, 0.29) is 0 Å². The molecule has 6 heteroatoms. The molecule has 2 fully saturated rings. The smallest absolute Gasteiger partial charge is 0.225 e. The van der Waals surface area contributed by atoms with Gasteiger partial charge in [-0.1, -0.05) is 0 Å². The summed E-state index contributed by atoms with van der Waals surface area (Å²) in [5, 5.41) is 0. The van der Waals surface area contributed by atoms with Gasteiger partial charge in [-0.15, -0.1) is 0 Å². The molecule has 4 heterocycles. The second-order valence-corrected chi connectivity index (χ2v) is 6.13. The molecule has 0 amide bonds. The van der Waals surface area contributed by atoms with Gasteiger partial charge in [-0.25, -0.2) is 9.97 Å². The van der Waals surface area contributed by atoms with Gasteiger partial charge >= 0.3 is 0 Å². The molecule has 2 aliphatic rings. The number of hydrogen-bond acceptors (Lipinski definition) is 6. The van der Waals surface area contributed by atoms with E-state index in [9.17, 15) is 0 Å². The van der Waals surface area contributed by atoms with Gasteiger partial charge in [0.2, 0.25) is 5.95 Å². The van der Waals surface area contributed by atoms with E-state index in [2.05, 4.69) is 25.8 Å². The zero-order chi connectivity index (χ0) is 15.5. The minimum atomic E-state index is 0.379. The van der Waals surface area contributed by atoms with Gasteiger partial charge in [-0.05, 0) is 31.5 Å². The van der Waals surface area contributed by atoms with E-state index >= 15 is 0 Å². The zero-order valence-corrected chi connectivity index (χ0v) is 13.2. The van der Waals surface area contributed by atoms with Gasteiger partial charge in [0.15, 0.2) is 0 Å². The number of hydrogen-bond donors (Lipinski definition) is 0. The van der Waals surface area contributed by atoms with Crippen molar-refractivity contribution in [2.24, 2.45) is 0 Å². The van der Waals surface area contributed by atoms with Crippen molar-refractivity contribution in [2.45, 2.75) is 25.4 Å². The van der Waals surface area contributed by atoms with Gasteiger partial charge in [0.1, 0.15) is 5.76 Å². The average molecular weight is 314 g/mol. The maximum absolute atomic E-state index is 5.59. The molecule has 0 radical (unpaired) electrons. The second kappa shape index (κ2) is 6.68. The van der Waals surface area contributed by atoms with Crippen LogP contribution in [-0.2, 0) is 11.3 Å². The van der Waals surface area contributed by atoms with Gasteiger partial charge in [-0.2, -0.15) is 0 Å². The first-order valence-electron chi connectivity index (χ1n) is 8.31. The Morgan fingerprint density at radius 1 is 1.13 bits per heavy atom. The Morgan fingerprint density at radius 3 is 2.70 bits per heavy atom. The molecule has 0 aromatic carbocycles. The van der Waals surface area contributed by atoms with Crippen molar-refractivity contribution in [3.8, 4) is 0 Å². The van der Waals surface area contributed by atoms with Crippen LogP contribution in [0.3, 0.4) is 0 Å². The highest BCUT2D eigenvalue weighted by atomic mass is 16.5. The summed E-state index contributed by atoms with van der Waals surface area (Å²) in [7, 11) is 0. The van der Waals surface area contributed by atoms with E-state index in [4.69, 9.17) is 9.15 Å². The van der Waals surface area contributed by atoms with Crippen LogP contribution < -0.4 is 4.90 Å². The Kier molecular flexibility index (Phi) is 4.26. The van der Waals surface area contributed by atoms with Gasteiger partial charge in [0.25, 0.3) is 0 Å². The third-order valence-corrected chi connectivity index (χ3v) is 4.61. The number of anilines is 1. The molecule has 0 saturated carbocycles. The quantitative estimate of drug-likeness (QED) is 0.863. The molecular weight excluding hydrogens is 292 g/mol. The lowest BCUT2D eigenvalue weighted by Gasteiger charge is -2.27. The molecular formula is C17H22N4O2. The van der Waals surface area contributed by atoms with E-state index < -0.39 is 0 Å². The first-order chi connectivity index (χ1) is 11.4. The molecule has 6 nitrogen and oxygen atoms in total. The molecule has 2 aromatic rings. The van der Waals surface area contributed by atoms with Crippen LogP contribution >= 0.6 is 0 Å². The lowest BCUT2D eigenvalue weighted by atomic mass is 10.1. The van der Waals surface area contributed by atoms with Crippen LogP contribution in [0.4, 0.5) is 5.95 Å². The van der Waals surface area contributed by atoms with Crippen molar-refractivity contribution in [1.82, 2.24) is 14.9 Å². The second-order valence-electron chi connectivity index (χ2n) is 6.13. The van der Waals surface area contributed by atoms with Crippen LogP contribution in [-0.4, -0.2) is 47.7 Å². The molecule has 1 atom stereocenters. The summed E-state index contributed by atoms with van der Waals surface area (Å²) in [4.78, 5) is 13.7. The maximum Gasteiger partial charge on any atom is 0.225 e.